The molecule has 0 unspecified atom stereocenters. The standard InChI is InChI=1S/C12H14N2/c13-12-6-8-14(9-7-12)10-11-4-2-1-3-5-11/h1-8H,9-10,13H2. The van der Waals surface area contributed by atoms with Crippen molar-refractivity contribution in [3.63, 3.8) is 0 Å². The molecule has 1 aliphatic heterocycles. The normalized spacial score (nSPS) is 15.4. The molecule has 1 aromatic rings. The summed E-state index contributed by atoms with van der Waals surface area (Å²) in [6.07, 6.45) is 6.01. The van der Waals surface area contributed by atoms with Crippen LogP contribution in [0, 0.1) is 0 Å². The zero-order valence-corrected chi connectivity index (χ0v) is 8.06. The Balaban J connectivity index is 1.98. The second-order valence-electron chi connectivity index (χ2n) is 3.43. The van der Waals surface area contributed by atoms with Gasteiger partial charge in [-0.1, -0.05) is 30.3 Å². The molecule has 1 heterocycles. The summed E-state index contributed by atoms with van der Waals surface area (Å²) in [6, 6.07) is 10.4. The topological polar surface area (TPSA) is 29.3 Å². The third-order valence-electron chi connectivity index (χ3n) is 2.27. The number of hydrogen-bond acceptors (Lipinski definition) is 2. The van der Waals surface area contributed by atoms with Crippen LogP contribution in [0.2, 0.25) is 0 Å². The van der Waals surface area contributed by atoms with Crippen molar-refractivity contribution < 1.29 is 0 Å². The summed E-state index contributed by atoms with van der Waals surface area (Å²) in [4.78, 5) is 2.23. The Bertz CT molecular complexity index is 352. The molecule has 14 heavy (non-hydrogen) atoms. The molecule has 0 aromatic heterocycles. The SMILES string of the molecule is NC1=CCN(Cc2ccccc2)C=C1. The first-order chi connectivity index (χ1) is 6.84. The molecule has 0 spiro atoms. The summed E-state index contributed by atoms with van der Waals surface area (Å²) < 4.78 is 0. The number of nitrogens with two attached hydrogens (primary N) is 1. The fourth-order valence-corrected chi connectivity index (χ4v) is 1.48. The van der Waals surface area contributed by atoms with Crippen LogP contribution in [0.1, 0.15) is 5.56 Å². The van der Waals surface area contributed by atoms with Crippen LogP contribution in [0.4, 0.5) is 0 Å². The van der Waals surface area contributed by atoms with E-state index in [4.69, 9.17) is 5.73 Å². The molecule has 2 N–H and O–H groups in total. The van der Waals surface area contributed by atoms with E-state index < -0.39 is 0 Å². The summed E-state index contributed by atoms with van der Waals surface area (Å²) in [6.45, 7) is 1.85. The van der Waals surface area contributed by atoms with Gasteiger partial charge in [-0.2, -0.15) is 0 Å². The van der Waals surface area contributed by atoms with Gasteiger partial charge in [-0.3, -0.25) is 0 Å². The van der Waals surface area contributed by atoms with E-state index in [1.807, 2.05) is 24.4 Å². The Morgan fingerprint density at radius 1 is 1.21 bits per heavy atom. The van der Waals surface area contributed by atoms with Crippen LogP contribution in [0.25, 0.3) is 0 Å². The number of hydrogen-bond donors (Lipinski definition) is 1. The number of rotatable bonds is 2. The zero-order valence-electron chi connectivity index (χ0n) is 8.06. The monoisotopic (exact) mass is 186 g/mol. The van der Waals surface area contributed by atoms with Gasteiger partial charge in [-0.05, 0) is 17.7 Å². The highest BCUT2D eigenvalue weighted by atomic mass is 15.1. The van der Waals surface area contributed by atoms with Gasteiger partial charge in [0.25, 0.3) is 0 Å². The molecule has 2 nitrogen and oxygen atoms in total. The lowest BCUT2D eigenvalue weighted by molar-refractivity contribution is 0.403. The van der Waals surface area contributed by atoms with Crippen molar-refractivity contribution in [2.75, 3.05) is 6.54 Å². The average Bonchev–Trinajstić information content (AvgIpc) is 2.23. The molecule has 0 atom stereocenters. The van der Waals surface area contributed by atoms with E-state index in [1.54, 1.807) is 0 Å². The van der Waals surface area contributed by atoms with Gasteiger partial charge in [-0.25, -0.2) is 0 Å². The third kappa shape index (κ3) is 2.16. The summed E-state index contributed by atoms with van der Waals surface area (Å²) in [5.41, 5.74) is 7.82. The molecular weight excluding hydrogens is 172 g/mol. The van der Waals surface area contributed by atoms with E-state index in [0.717, 1.165) is 18.8 Å². The van der Waals surface area contributed by atoms with Gasteiger partial charge in [0.15, 0.2) is 0 Å². The van der Waals surface area contributed by atoms with Crippen LogP contribution in [-0.2, 0) is 6.54 Å². The number of allylic oxidation sites excluding steroid dienone is 1. The Labute approximate surface area is 84.3 Å². The van der Waals surface area contributed by atoms with E-state index in [0.29, 0.717) is 0 Å². The minimum absolute atomic E-state index is 0.856. The lowest BCUT2D eigenvalue weighted by atomic mass is 10.2. The second kappa shape index (κ2) is 4.01. The molecule has 72 valence electrons. The van der Waals surface area contributed by atoms with Gasteiger partial charge in [-0.15, -0.1) is 0 Å². The van der Waals surface area contributed by atoms with Crippen molar-refractivity contribution in [2.24, 2.45) is 5.73 Å². The van der Waals surface area contributed by atoms with Crippen LogP contribution in [0.5, 0.6) is 0 Å². The summed E-state index contributed by atoms with van der Waals surface area (Å²) in [5, 5.41) is 0. The molecule has 0 saturated carbocycles. The molecule has 0 fully saturated rings. The maximum Gasteiger partial charge on any atom is 0.0427 e. The third-order valence-corrected chi connectivity index (χ3v) is 2.27. The molecule has 1 aromatic carbocycles. The quantitative estimate of drug-likeness (QED) is 0.763. The average molecular weight is 186 g/mol. The first-order valence-corrected chi connectivity index (χ1v) is 4.76. The van der Waals surface area contributed by atoms with E-state index in [2.05, 4.69) is 29.2 Å². The van der Waals surface area contributed by atoms with Gasteiger partial charge in [0.1, 0.15) is 0 Å². The maximum absolute atomic E-state index is 5.64. The van der Waals surface area contributed by atoms with Crippen molar-refractivity contribution in [1.82, 2.24) is 4.90 Å². The Hall–Kier alpha value is -1.70. The molecule has 1 aliphatic rings. The lowest BCUT2D eigenvalue weighted by Gasteiger charge is -2.21. The van der Waals surface area contributed by atoms with Crippen LogP contribution >= 0.6 is 0 Å². The summed E-state index contributed by atoms with van der Waals surface area (Å²) in [5.74, 6) is 0. The van der Waals surface area contributed by atoms with Gasteiger partial charge < -0.3 is 10.6 Å². The van der Waals surface area contributed by atoms with E-state index in [1.165, 1.54) is 5.56 Å². The molecule has 0 aliphatic carbocycles. The lowest BCUT2D eigenvalue weighted by Crippen LogP contribution is -2.20. The van der Waals surface area contributed by atoms with Crippen molar-refractivity contribution in [2.45, 2.75) is 6.54 Å². The highest BCUT2D eigenvalue weighted by molar-refractivity contribution is 5.21. The smallest absolute Gasteiger partial charge is 0.0427 e. The molecular formula is C12H14N2. The van der Waals surface area contributed by atoms with Gasteiger partial charge >= 0.3 is 0 Å². The molecule has 2 rings (SSSR count). The van der Waals surface area contributed by atoms with Crippen LogP contribution < -0.4 is 5.73 Å². The molecule has 0 saturated heterocycles. The van der Waals surface area contributed by atoms with E-state index in [9.17, 15) is 0 Å². The molecule has 0 radical (unpaired) electrons. The Morgan fingerprint density at radius 2 is 2.00 bits per heavy atom. The van der Waals surface area contributed by atoms with Gasteiger partial charge in [0.2, 0.25) is 0 Å². The van der Waals surface area contributed by atoms with Gasteiger partial charge in [0.05, 0.1) is 0 Å². The second-order valence-corrected chi connectivity index (χ2v) is 3.43. The predicted octanol–water partition coefficient (Wildman–Crippen LogP) is 1.86. The minimum Gasteiger partial charge on any atom is -0.399 e. The first kappa shape index (κ1) is 8.88. The van der Waals surface area contributed by atoms with Crippen molar-refractivity contribution in [1.29, 1.82) is 0 Å². The minimum atomic E-state index is 0.856. The highest BCUT2D eigenvalue weighted by Gasteiger charge is 2.02. The fourth-order valence-electron chi connectivity index (χ4n) is 1.48. The van der Waals surface area contributed by atoms with Crippen molar-refractivity contribution in [3.8, 4) is 0 Å². The van der Waals surface area contributed by atoms with E-state index in [-0.39, 0.29) is 0 Å². The van der Waals surface area contributed by atoms with Crippen molar-refractivity contribution >= 4 is 0 Å². The fraction of sp³-hybridized carbons (Fsp3) is 0.167. The van der Waals surface area contributed by atoms with Crippen LogP contribution in [0.15, 0.2) is 54.4 Å². The van der Waals surface area contributed by atoms with E-state index >= 15 is 0 Å². The largest absolute Gasteiger partial charge is 0.399 e. The van der Waals surface area contributed by atoms with Gasteiger partial charge in [0, 0.05) is 25.0 Å². The Morgan fingerprint density at radius 3 is 2.64 bits per heavy atom. The highest BCUT2D eigenvalue weighted by Crippen LogP contribution is 2.08. The Kier molecular flexibility index (Phi) is 2.54. The first-order valence-electron chi connectivity index (χ1n) is 4.76. The zero-order chi connectivity index (χ0) is 9.80. The molecule has 0 amide bonds. The molecule has 2 heteroatoms. The summed E-state index contributed by atoms with van der Waals surface area (Å²) in [7, 11) is 0. The number of benzene rings is 1. The predicted molar refractivity (Wildman–Crippen MR) is 58.3 cm³/mol. The van der Waals surface area contributed by atoms with Crippen LogP contribution in [-0.4, -0.2) is 11.4 Å². The number of nitrogens with zero attached hydrogens (tertiary/aromatic N) is 1. The summed E-state index contributed by atoms with van der Waals surface area (Å²) >= 11 is 0. The van der Waals surface area contributed by atoms with Crippen molar-refractivity contribution in [3.05, 3.63) is 59.9 Å². The molecule has 0 bridgehead atoms. The van der Waals surface area contributed by atoms with Crippen LogP contribution in [0.3, 0.4) is 0 Å². The maximum atomic E-state index is 5.64.